The maximum Gasteiger partial charge on any atom is 0.0843 e. The van der Waals surface area contributed by atoms with E-state index in [1.807, 2.05) is 0 Å². The lowest BCUT2D eigenvalue weighted by Crippen LogP contribution is -2.48. The van der Waals surface area contributed by atoms with Gasteiger partial charge < -0.3 is 10.5 Å². The summed E-state index contributed by atoms with van der Waals surface area (Å²) in [5, 5.41) is 0. The van der Waals surface area contributed by atoms with Crippen molar-refractivity contribution in [1.82, 2.24) is 4.90 Å². The van der Waals surface area contributed by atoms with Crippen LogP contribution in [0.5, 0.6) is 0 Å². The minimum Gasteiger partial charge on any atom is -0.373 e. The number of hydrogen-bond donors (Lipinski definition) is 1. The van der Waals surface area contributed by atoms with Crippen molar-refractivity contribution >= 4 is 43.2 Å². The smallest absolute Gasteiger partial charge is 0.0843 e. The summed E-state index contributed by atoms with van der Waals surface area (Å²) in [7, 11) is 0. The molecule has 0 saturated carbocycles. The molecule has 18 heavy (non-hydrogen) atoms. The molecule has 0 radical (unpaired) electrons. The van der Waals surface area contributed by atoms with Gasteiger partial charge in [0.05, 0.1) is 22.0 Å². The summed E-state index contributed by atoms with van der Waals surface area (Å²) >= 11 is 8.84. The molecular weight excluding hydrogens is 380 g/mol. The summed E-state index contributed by atoms with van der Waals surface area (Å²) in [6.45, 7) is 6.77. The molecule has 1 aliphatic heterocycles. The van der Waals surface area contributed by atoms with Gasteiger partial charge >= 0.3 is 0 Å². The average Bonchev–Trinajstić information content (AvgIpc) is 2.58. The van der Waals surface area contributed by atoms with Crippen LogP contribution < -0.4 is 5.73 Å². The predicted octanol–water partition coefficient (Wildman–Crippen LogP) is 3.38. The van der Waals surface area contributed by atoms with E-state index in [4.69, 9.17) is 10.5 Å². The van der Waals surface area contributed by atoms with E-state index >= 15 is 0 Å². The highest BCUT2D eigenvalue weighted by Crippen LogP contribution is 2.37. The van der Waals surface area contributed by atoms with Gasteiger partial charge in [0.25, 0.3) is 0 Å². The lowest BCUT2D eigenvalue weighted by Gasteiger charge is -2.39. The highest BCUT2D eigenvalue weighted by Gasteiger charge is 2.29. The lowest BCUT2D eigenvalue weighted by atomic mass is 10.1. The molecule has 1 saturated heterocycles. The van der Waals surface area contributed by atoms with Crippen LogP contribution in [0.4, 0.5) is 0 Å². The van der Waals surface area contributed by atoms with Crippen LogP contribution in [-0.4, -0.2) is 36.7 Å². The van der Waals surface area contributed by atoms with Gasteiger partial charge in [-0.25, -0.2) is 0 Å². The van der Waals surface area contributed by atoms with Gasteiger partial charge in [-0.2, -0.15) is 0 Å². The average molecular weight is 398 g/mol. The highest BCUT2D eigenvalue weighted by molar-refractivity contribution is 9.13. The lowest BCUT2D eigenvalue weighted by molar-refractivity contribution is -0.0795. The summed E-state index contributed by atoms with van der Waals surface area (Å²) in [5.41, 5.74) is 5.98. The van der Waals surface area contributed by atoms with Crippen molar-refractivity contribution in [3.8, 4) is 0 Å². The standard InChI is InChI=1S/C12H18Br2N2OS/c1-7-5-16(6-8(2)17-7)10(4-15)11-3-9(13)12(14)18-11/h3,7-8,10H,4-6,15H2,1-2H3. The van der Waals surface area contributed by atoms with Crippen LogP contribution >= 0.6 is 43.2 Å². The molecule has 1 aromatic heterocycles. The summed E-state index contributed by atoms with van der Waals surface area (Å²) in [6.07, 6.45) is 0.546. The van der Waals surface area contributed by atoms with Crippen LogP contribution in [0.3, 0.4) is 0 Å². The molecule has 102 valence electrons. The van der Waals surface area contributed by atoms with Gasteiger partial charge in [0.2, 0.25) is 0 Å². The molecule has 6 heteroatoms. The van der Waals surface area contributed by atoms with E-state index in [-0.39, 0.29) is 18.2 Å². The van der Waals surface area contributed by atoms with Gasteiger partial charge in [0.15, 0.2) is 0 Å². The zero-order chi connectivity index (χ0) is 13.3. The first-order valence-electron chi connectivity index (χ1n) is 6.05. The highest BCUT2D eigenvalue weighted by atomic mass is 79.9. The fraction of sp³-hybridized carbons (Fsp3) is 0.667. The molecule has 3 atom stereocenters. The van der Waals surface area contributed by atoms with Crippen molar-refractivity contribution in [2.75, 3.05) is 19.6 Å². The van der Waals surface area contributed by atoms with Gasteiger partial charge in [-0.05, 0) is 51.8 Å². The van der Waals surface area contributed by atoms with Crippen LogP contribution in [-0.2, 0) is 4.74 Å². The Kier molecular flexibility index (Phi) is 5.25. The van der Waals surface area contributed by atoms with Gasteiger partial charge in [-0.1, -0.05) is 0 Å². The van der Waals surface area contributed by atoms with Crippen molar-refractivity contribution in [3.05, 3.63) is 19.2 Å². The van der Waals surface area contributed by atoms with E-state index in [1.165, 1.54) is 4.88 Å². The van der Waals surface area contributed by atoms with Crippen molar-refractivity contribution in [2.24, 2.45) is 5.73 Å². The van der Waals surface area contributed by atoms with Gasteiger partial charge in [0, 0.05) is 29.0 Å². The summed E-state index contributed by atoms with van der Waals surface area (Å²) in [5.74, 6) is 0. The van der Waals surface area contributed by atoms with Gasteiger partial charge in [-0.3, -0.25) is 4.90 Å². The molecule has 0 amide bonds. The van der Waals surface area contributed by atoms with E-state index in [2.05, 4.69) is 56.7 Å². The quantitative estimate of drug-likeness (QED) is 0.849. The van der Waals surface area contributed by atoms with Crippen LogP contribution in [0.2, 0.25) is 0 Å². The molecule has 2 rings (SSSR count). The second kappa shape index (κ2) is 6.33. The van der Waals surface area contributed by atoms with E-state index in [0.29, 0.717) is 6.54 Å². The van der Waals surface area contributed by atoms with E-state index in [1.54, 1.807) is 11.3 Å². The Bertz CT molecular complexity index is 383. The molecule has 2 heterocycles. The Morgan fingerprint density at radius 2 is 2.06 bits per heavy atom. The van der Waals surface area contributed by atoms with Crippen LogP contribution in [0.25, 0.3) is 0 Å². The Hall–Kier alpha value is 0.540. The first kappa shape index (κ1) is 14.9. The zero-order valence-corrected chi connectivity index (χ0v) is 14.5. The molecule has 0 spiro atoms. The third kappa shape index (κ3) is 3.35. The second-order valence-electron chi connectivity index (χ2n) is 4.73. The first-order valence-corrected chi connectivity index (χ1v) is 8.45. The maximum absolute atomic E-state index is 5.98. The van der Waals surface area contributed by atoms with Crippen molar-refractivity contribution in [2.45, 2.75) is 32.1 Å². The fourth-order valence-corrected chi connectivity index (χ4v) is 4.68. The topological polar surface area (TPSA) is 38.5 Å². The molecule has 2 N–H and O–H groups in total. The largest absolute Gasteiger partial charge is 0.373 e. The Labute approximate surface area is 129 Å². The number of thiophene rings is 1. The number of morpholine rings is 1. The number of nitrogens with zero attached hydrogens (tertiary/aromatic N) is 1. The number of halogens is 2. The van der Waals surface area contributed by atoms with Crippen molar-refractivity contribution < 1.29 is 4.74 Å². The monoisotopic (exact) mass is 396 g/mol. The number of nitrogens with two attached hydrogens (primary N) is 1. The van der Waals surface area contributed by atoms with Crippen LogP contribution in [0, 0.1) is 0 Å². The minimum atomic E-state index is 0.273. The predicted molar refractivity (Wildman–Crippen MR) is 83.1 cm³/mol. The number of rotatable bonds is 3. The second-order valence-corrected chi connectivity index (χ2v) is 7.99. The molecule has 0 aliphatic carbocycles. The molecule has 0 aromatic carbocycles. The van der Waals surface area contributed by atoms with Crippen molar-refractivity contribution in [1.29, 1.82) is 0 Å². The normalized spacial score (nSPS) is 27.4. The number of hydrogen-bond acceptors (Lipinski definition) is 4. The summed E-state index contributed by atoms with van der Waals surface area (Å²) in [4.78, 5) is 3.74. The van der Waals surface area contributed by atoms with E-state index < -0.39 is 0 Å². The first-order chi connectivity index (χ1) is 8.51. The third-order valence-corrected chi connectivity index (χ3v) is 6.46. The van der Waals surface area contributed by atoms with Gasteiger partial charge in [0.1, 0.15) is 0 Å². The van der Waals surface area contributed by atoms with Gasteiger partial charge in [-0.15, -0.1) is 11.3 Å². The van der Waals surface area contributed by atoms with Crippen LogP contribution in [0.1, 0.15) is 24.8 Å². The molecule has 1 aromatic rings. The summed E-state index contributed by atoms with van der Waals surface area (Å²) in [6, 6.07) is 2.45. The van der Waals surface area contributed by atoms with E-state index in [9.17, 15) is 0 Å². The van der Waals surface area contributed by atoms with Crippen molar-refractivity contribution in [3.63, 3.8) is 0 Å². The molecular formula is C12H18Br2N2OS. The molecule has 3 unspecified atom stereocenters. The van der Waals surface area contributed by atoms with Crippen LogP contribution in [0.15, 0.2) is 14.3 Å². The SMILES string of the molecule is CC1CN(C(CN)c2cc(Br)c(Br)s2)CC(C)O1. The summed E-state index contributed by atoms with van der Waals surface area (Å²) < 4.78 is 8.01. The maximum atomic E-state index is 5.98. The molecule has 3 nitrogen and oxygen atoms in total. The Morgan fingerprint density at radius 3 is 2.50 bits per heavy atom. The molecule has 1 fully saturated rings. The zero-order valence-electron chi connectivity index (χ0n) is 10.5. The molecule has 1 aliphatic rings. The molecule has 0 bridgehead atoms. The Morgan fingerprint density at radius 1 is 1.44 bits per heavy atom. The third-order valence-electron chi connectivity index (χ3n) is 3.10. The number of ether oxygens (including phenoxy) is 1. The minimum absolute atomic E-state index is 0.273. The Balaban J connectivity index is 2.17. The fourth-order valence-electron chi connectivity index (χ4n) is 2.44. The van der Waals surface area contributed by atoms with E-state index in [0.717, 1.165) is 21.3 Å².